The van der Waals surface area contributed by atoms with Gasteiger partial charge in [0.1, 0.15) is 0 Å². The number of nitrogens with one attached hydrogen (secondary N) is 1. The Labute approximate surface area is 102 Å². The van der Waals surface area contributed by atoms with E-state index in [0.717, 1.165) is 18.8 Å². The van der Waals surface area contributed by atoms with Crippen LogP contribution in [0.3, 0.4) is 0 Å². The Morgan fingerprint density at radius 1 is 1.29 bits per heavy atom. The van der Waals surface area contributed by atoms with E-state index in [1.807, 2.05) is 0 Å². The Morgan fingerprint density at radius 2 is 1.94 bits per heavy atom. The molecule has 3 N–H and O–H groups in total. The van der Waals surface area contributed by atoms with Gasteiger partial charge in [0, 0.05) is 6.54 Å². The standard InChI is InChI=1S/C12H21N3O2/c1-8-2-4-9(5-3-8)7-15-10(13)6-11(16)14-12(15)17/h8-10H,2-7,13H2,1H3,(H,14,16,17). The van der Waals surface area contributed by atoms with E-state index in [2.05, 4.69) is 12.2 Å². The van der Waals surface area contributed by atoms with Crippen molar-refractivity contribution in [1.82, 2.24) is 10.2 Å². The quantitative estimate of drug-likeness (QED) is 0.756. The van der Waals surface area contributed by atoms with Gasteiger partial charge in [0.05, 0.1) is 12.6 Å². The SMILES string of the molecule is CC1CCC(CN2C(=O)NC(=O)CC2N)CC1. The van der Waals surface area contributed by atoms with Crippen LogP contribution < -0.4 is 11.1 Å². The molecule has 0 bridgehead atoms. The van der Waals surface area contributed by atoms with Gasteiger partial charge in [0.25, 0.3) is 0 Å². The van der Waals surface area contributed by atoms with Crippen LogP contribution in [0.25, 0.3) is 0 Å². The molecule has 2 fully saturated rings. The smallest absolute Gasteiger partial charge is 0.311 e. The van der Waals surface area contributed by atoms with Crippen molar-refractivity contribution in [3.63, 3.8) is 0 Å². The molecule has 2 rings (SSSR count). The molecule has 1 saturated heterocycles. The summed E-state index contributed by atoms with van der Waals surface area (Å²) in [5.74, 6) is 1.07. The number of carbonyl (C=O) groups is 2. The number of nitrogens with two attached hydrogens (primary N) is 1. The second-order valence-electron chi connectivity index (χ2n) is 5.40. The fraction of sp³-hybridized carbons (Fsp3) is 0.833. The number of nitrogens with zero attached hydrogens (tertiary/aromatic N) is 1. The van der Waals surface area contributed by atoms with Crippen molar-refractivity contribution >= 4 is 11.9 Å². The van der Waals surface area contributed by atoms with E-state index in [4.69, 9.17) is 5.73 Å². The lowest BCUT2D eigenvalue weighted by molar-refractivity contribution is -0.122. The minimum Gasteiger partial charge on any atom is -0.311 e. The topological polar surface area (TPSA) is 75.4 Å². The number of urea groups is 1. The predicted molar refractivity (Wildman–Crippen MR) is 64.0 cm³/mol. The Hall–Kier alpha value is -1.10. The zero-order valence-electron chi connectivity index (χ0n) is 10.3. The van der Waals surface area contributed by atoms with Gasteiger partial charge in [-0.05, 0) is 24.7 Å². The molecule has 0 aromatic rings. The highest BCUT2D eigenvalue weighted by atomic mass is 16.2. The minimum atomic E-state index is -0.449. The first-order valence-electron chi connectivity index (χ1n) is 6.42. The Kier molecular flexibility index (Phi) is 3.66. The molecule has 0 aromatic heterocycles. The maximum Gasteiger partial charge on any atom is 0.325 e. The lowest BCUT2D eigenvalue weighted by Crippen LogP contribution is -2.59. The number of rotatable bonds is 2. The summed E-state index contributed by atoms with van der Waals surface area (Å²) >= 11 is 0. The third-order valence-corrected chi connectivity index (χ3v) is 3.89. The van der Waals surface area contributed by atoms with Crippen LogP contribution in [0.5, 0.6) is 0 Å². The van der Waals surface area contributed by atoms with Gasteiger partial charge in [-0.15, -0.1) is 0 Å². The second-order valence-corrected chi connectivity index (χ2v) is 5.40. The molecule has 1 heterocycles. The molecule has 5 heteroatoms. The summed E-state index contributed by atoms with van der Waals surface area (Å²) in [6, 6.07) is -0.327. The van der Waals surface area contributed by atoms with Crippen molar-refractivity contribution in [2.45, 2.75) is 45.2 Å². The van der Waals surface area contributed by atoms with E-state index < -0.39 is 6.17 Å². The lowest BCUT2D eigenvalue weighted by Gasteiger charge is -2.36. The summed E-state index contributed by atoms with van der Waals surface area (Å²) in [6.45, 7) is 2.96. The van der Waals surface area contributed by atoms with Crippen LogP contribution in [0, 0.1) is 11.8 Å². The van der Waals surface area contributed by atoms with Crippen molar-refractivity contribution in [3.8, 4) is 0 Å². The van der Waals surface area contributed by atoms with Crippen LogP contribution in [0.4, 0.5) is 4.79 Å². The summed E-state index contributed by atoms with van der Waals surface area (Å²) in [5, 5.41) is 2.33. The number of hydrogen-bond acceptors (Lipinski definition) is 3. The molecule has 96 valence electrons. The van der Waals surface area contributed by atoms with E-state index in [0.29, 0.717) is 12.5 Å². The van der Waals surface area contributed by atoms with E-state index in [9.17, 15) is 9.59 Å². The zero-order valence-corrected chi connectivity index (χ0v) is 10.3. The highest BCUT2D eigenvalue weighted by Crippen LogP contribution is 2.29. The van der Waals surface area contributed by atoms with Crippen LogP contribution in [0.15, 0.2) is 0 Å². The Balaban J connectivity index is 1.89. The molecule has 2 aliphatic rings. The summed E-state index contributed by atoms with van der Waals surface area (Å²) in [4.78, 5) is 24.4. The van der Waals surface area contributed by atoms with Crippen LogP contribution in [0.2, 0.25) is 0 Å². The van der Waals surface area contributed by atoms with E-state index in [1.165, 1.54) is 12.8 Å². The lowest BCUT2D eigenvalue weighted by atomic mass is 9.82. The maximum atomic E-state index is 11.7. The molecule has 1 aliphatic heterocycles. The van der Waals surface area contributed by atoms with Crippen LogP contribution >= 0.6 is 0 Å². The molecule has 17 heavy (non-hydrogen) atoms. The van der Waals surface area contributed by atoms with Gasteiger partial charge >= 0.3 is 6.03 Å². The highest BCUT2D eigenvalue weighted by Gasteiger charge is 2.32. The van der Waals surface area contributed by atoms with Gasteiger partial charge in [-0.25, -0.2) is 4.79 Å². The first-order chi connectivity index (χ1) is 8.06. The first-order valence-corrected chi connectivity index (χ1v) is 6.42. The minimum absolute atomic E-state index is 0.217. The summed E-state index contributed by atoms with van der Waals surface area (Å²) in [7, 11) is 0. The molecular weight excluding hydrogens is 218 g/mol. The molecule has 0 radical (unpaired) electrons. The van der Waals surface area contributed by atoms with Gasteiger partial charge < -0.3 is 10.6 Å². The average molecular weight is 239 g/mol. The van der Waals surface area contributed by atoms with Crippen LogP contribution in [0.1, 0.15) is 39.0 Å². The molecule has 1 unspecified atom stereocenters. The Morgan fingerprint density at radius 3 is 2.53 bits per heavy atom. The summed E-state index contributed by atoms with van der Waals surface area (Å²) in [5.41, 5.74) is 5.85. The zero-order chi connectivity index (χ0) is 12.4. The fourth-order valence-corrected chi connectivity index (χ4v) is 2.70. The van der Waals surface area contributed by atoms with Crippen molar-refractivity contribution in [1.29, 1.82) is 0 Å². The molecule has 0 spiro atoms. The number of amides is 3. The molecule has 1 aliphatic carbocycles. The number of hydrogen-bond donors (Lipinski definition) is 2. The van der Waals surface area contributed by atoms with Gasteiger partial charge in [-0.2, -0.15) is 0 Å². The fourth-order valence-electron chi connectivity index (χ4n) is 2.70. The Bertz CT molecular complexity index is 311. The highest BCUT2D eigenvalue weighted by molar-refractivity contribution is 5.97. The number of imide groups is 1. The van der Waals surface area contributed by atoms with E-state index in [1.54, 1.807) is 4.90 Å². The van der Waals surface area contributed by atoms with Gasteiger partial charge in [0.2, 0.25) is 5.91 Å². The van der Waals surface area contributed by atoms with Gasteiger partial charge in [-0.1, -0.05) is 19.8 Å². The largest absolute Gasteiger partial charge is 0.325 e. The summed E-state index contributed by atoms with van der Waals surface area (Å²) < 4.78 is 0. The third kappa shape index (κ3) is 2.97. The molecule has 1 atom stereocenters. The predicted octanol–water partition coefficient (Wildman–Crippen LogP) is 1.04. The maximum absolute atomic E-state index is 11.7. The van der Waals surface area contributed by atoms with Crippen molar-refractivity contribution in [3.05, 3.63) is 0 Å². The van der Waals surface area contributed by atoms with Crippen molar-refractivity contribution in [2.75, 3.05) is 6.54 Å². The monoisotopic (exact) mass is 239 g/mol. The van der Waals surface area contributed by atoms with Crippen LogP contribution in [-0.2, 0) is 4.79 Å². The normalized spacial score (nSPS) is 34.7. The molecule has 3 amide bonds. The van der Waals surface area contributed by atoms with Gasteiger partial charge in [0.15, 0.2) is 0 Å². The molecule has 0 aromatic carbocycles. The van der Waals surface area contributed by atoms with E-state index >= 15 is 0 Å². The van der Waals surface area contributed by atoms with Crippen molar-refractivity contribution in [2.24, 2.45) is 17.6 Å². The summed E-state index contributed by atoms with van der Waals surface area (Å²) in [6.07, 6.45) is 4.55. The average Bonchev–Trinajstić information content (AvgIpc) is 2.26. The van der Waals surface area contributed by atoms with E-state index in [-0.39, 0.29) is 18.4 Å². The van der Waals surface area contributed by atoms with Gasteiger partial charge in [-0.3, -0.25) is 10.1 Å². The molecular formula is C12H21N3O2. The molecule has 1 saturated carbocycles. The third-order valence-electron chi connectivity index (χ3n) is 3.89. The van der Waals surface area contributed by atoms with Crippen molar-refractivity contribution < 1.29 is 9.59 Å². The number of carbonyl (C=O) groups excluding carboxylic acids is 2. The second kappa shape index (κ2) is 5.04. The van der Waals surface area contributed by atoms with Crippen LogP contribution in [-0.4, -0.2) is 29.5 Å². The molecule has 5 nitrogen and oxygen atoms in total. The first kappa shape index (κ1) is 12.4.